The Morgan fingerprint density at radius 3 is 1.11 bits per heavy atom. The molecule has 0 aromatic heterocycles. The summed E-state index contributed by atoms with van der Waals surface area (Å²) in [6, 6.07) is 21.4. The maximum absolute atomic E-state index is 13.0. The first kappa shape index (κ1) is 36.2. The Labute approximate surface area is 320 Å². The van der Waals surface area contributed by atoms with E-state index in [0.29, 0.717) is 0 Å². The highest BCUT2D eigenvalue weighted by molar-refractivity contribution is 6.32. The molecule has 0 heterocycles. The fourth-order valence-electron chi connectivity index (χ4n) is 4.28. The van der Waals surface area contributed by atoms with Crippen molar-refractivity contribution in [1.82, 2.24) is 0 Å². The lowest BCUT2D eigenvalue weighted by Gasteiger charge is -2.10. The van der Waals surface area contributed by atoms with Crippen LogP contribution >= 0.6 is 11.6 Å². The number of ether oxygens (including phenoxy) is 8. The van der Waals surface area contributed by atoms with E-state index in [1.54, 1.807) is 13.8 Å². The maximum Gasteiger partial charge on any atom is 0.513 e. The van der Waals surface area contributed by atoms with E-state index >= 15 is 0 Å². The van der Waals surface area contributed by atoms with E-state index in [-0.39, 0.29) is 63.5 Å². The Morgan fingerprint density at radius 2 is 0.764 bits per heavy atom. The molecule has 280 valence electrons. The van der Waals surface area contributed by atoms with Gasteiger partial charge in [0.05, 0.1) is 43.2 Å². The molecule has 5 aromatic carbocycles. The largest absolute Gasteiger partial charge is 0.513 e. The van der Waals surface area contributed by atoms with Crippen LogP contribution in [-0.2, 0) is 9.47 Å². The van der Waals surface area contributed by atoms with E-state index in [0.717, 1.165) is 6.07 Å². The molecule has 0 aliphatic rings. The standard InChI is InChI=1S/C40H29ClO14/c1-3-48-39(46)53-30-17-9-24(10-18-30)35(42)50-28-13-5-26(6-14-28)37(44)52-32-21-22-33(41)34(23-32)55-38(45)27-7-15-29(16-8-27)51-36(43)25-11-19-31(20-12-25)54-40(47)49-4-2/h5-23H,3-4H2,1-2H3/i21D,23D. The summed E-state index contributed by atoms with van der Waals surface area (Å²) in [5.41, 5.74) is 0.218. The monoisotopic (exact) mass is 770 g/mol. The smallest absolute Gasteiger partial charge is 0.434 e. The molecular weight excluding hydrogens is 740 g/mol. The van der Waals surface area contributed by atoms with Gasteiger partial charge in [-0.1, -0.05) is 11.6 Å². The predicted molar refractivity (Wildman–Crippen MR) is 192 cm³/mol. The molecule has 0 fully saturated rings. The molecule has 0 radical (unpaired) electrons. The SMILES string of the molecule is [2H]c1cc(Cl)c(OC(=O)c2ccc(OC(=O)c3ccc(OC(=O)OCC)cc3)cc2)c([2H])c1OC(=O)c1ccc(OC(=O)c2ccc(OC(=O)OCC)cc2)cc1. The summed E-state index contributed by atoms with van der Waals surface area (Å²) in [5, 5.41) is -0.283. The Bertz CT molecular complexity index is 2140. The minimum Gasteiger partial charge on any atom is -0.434 e. The molecule has 5 aromatic rings. The molecular formula is C40H29ClO14. The van der Waals surface area contributed by atoms with E-state index < -0.39 is 59.8 Å². The number of esters is 4. The minimum absolute atomic E-state index is 0.0277. The summed E-state index contributed by atoms with van der Waals surface area (Å²) in [5.74, 6) is -4.01. The predicted octanol–water partition coefficient (Wildman–Crippen LogP) is 8.29. The number of rotatable bonds is 12. The van der Waals surface area contributed by atoms with Crippen LogP contribution in [0.2, 0.25) is 5.02 Å². The van der Waals surface area contributed by atoms with Gasteiger partial charge in [0.15, 0.2) is 5.75 Å². The highest BCUT2D eigenvalue weighted by Crippen LogP contribution is 2.31. The average molecular weight is 771 g/mol. The van der Waals surface area contributed by atoms with Crippen molar-refractivity contribution < 1.29 is 69.4 Å². The average Bonchev–Trinajstić information content (AvgIpc) is 3.19. The van der Waals surface area contributed by atoms with Crippen LogP contribution in [0.1, 0.15) is 58.0 Å². The van der Waals surface area contributed by atoms with Crippen LogP contribution in [0.25, 0.3) is 0 Å². The Balaban J connectivity index is 1.18. The van der Waals surface area contributed by atoms with Gasteiger partial charge in [-0.15, -0.1) is 0 Å². The number of halogens is 1. The zero-order valence-electron chi connectivity index (χ0n) is 30.8. The molecule has 0 bridgehead atoms. The van der Waals surface area contributed by atoms with Gasteiger partial charge in [-0.05, 0) is 123 Å². The van der Waals surface area contributed by atoms with Crippen LogP contribution in [0.3, 0.4) is 0 Å². The topological polar surface area (TPSA) is 176 Å². The first-order valence-electron chi connectivity index (χ1n) is 17.1. The molecule has 0 atom stereocenters. The van der Waals surface area contributed by atoms with E-state index in [9.17, 15) is 28.8 Å². The third-order valence-electron chi connectivity index (χ3n) is 6.87. The number of carbonyl (C=O) groups is 6. The number of benzene rings is 5. The van der Waals surface area contributed by atoms with E-state index in [1.165, 1.54) is 97.1 Å². The third-order valence-corrected chi connectivity index (χ3v) is 7.15. The molecule has 0 aliphatic heterocycles. The zero-order valence-corrected chi connectivity index (χ0v) is 29.6. The van der Waals surface area contributed by atoms with Gasteiger partial charge < -0.3 is 37.9 Å². The van der Waals surface area contributed by atoms with Gasteiger partial charge in [0.2, 0.25) is 0 Å². The van der Waals surface area contributed by atoms with Crippen molar-refractivity contribution >= 4 is 47.8 Å². The second-order valence-electron chi connectivity index (χ2n) is 10.6. The first-order valence-corrected chi connectivity index (χ1v) is 16.5. The molecule has 15 heteroatoms. The van der Waals surface area contributed by atoms with Gasteiger partial charge in [0.1, 0.15) is 28.7 Å². The summed E-state index contributed by atoms with van der Waals surface area (Å²) in [4.78, 5) is 74.1. The van der Waals surface area contributed by atoms with Crippen LogP contribution < -0.4 is 28.4 Å². The summed E-state index contributed by atoms with van der Waals surface area (Å²) in [7, 11) is 0. The normalized spacial score (nSPS) is 10.8. The summed E-state index contributed by atoms with van der Waals surface area (Å²) in [6.45, 7) is 3.52. The fraction of sp³-hybridized carbons (Fsp3) is 0.100. The maximum atomic E-state index is 13.0. The Kier molecular flexibility index (Phi) is 12.2. The molecule has 0 spiro atoms. The number of carbonyl (C=O) groups excluding carboxylic acids is 6. The van der Waals surface area contributed by atoms with Gasteiger partial charge >= 0.3 is 36.2 Å². The molecule has 0 saturated heterocycles. The van der Waals surface area contributed by atoms with Gasteiger partial charge in [-0.3, -0.25) is 0 Å². The lowest BCUT2D eigenvalue weighted by Crippen LogP contribution is -2.12. The number of hydrogen-bond donors (Lipinski definition) is 0. The zero-order chi connectivity index (χ0) is 41.1. The van der Waals surface area contributed by atoms with Gasteiger partial charge in [0.25, 0.3) is 0 Å². The molecule has 55 heavy (non-hydrogen) atoms. The summed E-state index contributed by atoms with van der Waals surface area (Å²) in [6.07, 6.45) is -1.78. The van der Waals surface area contributed by atoms with Crippen molar-refractivity contribution in [1.29, 1.82) is 0 Å². The highest BCUT2D eigenvalue weighted by atomic mass is 35.5. The van der Waals surface area contributed by atoms with E-state index in [2.05, 4.69) is 0 Å². The molecule has 0 aliphatic carbocycles. The second-order valence-corrected chi connectivity index (χ2v) is 11.1. The van der Waals surface area contributed by atoms with Crippen LogP contribution in [0.15, 0.2) is 115 Å². The van der Waals surface area contributed by atoms with Crippen molar-refractivity contribution in [2.45, 2.75) is 13.8 Å². The van der Waals surface area contributed by atoms with Gasteiger partial charge in [-0.25, -0.2) is 28.8 Å². The van der Waals surface area contributed by atoms with Crippen LogP contribution in [0.5, 0.6) is 34.5 Å². The van der Waals surface area contributed by atoms with Crippen LogP contribution in [0, 0.1) is 0 Å². The van der Waals surface area contributed by atoms with Gasteiger partial charge in [0, 0.05) is 6.04 Å². The molecule has 0 N–H and O–H groups in total. The molecule has 5 rings (SSSR count). The quantitative estimate of drug-likeness (QED) is 0.0672. The van der Waals surface area contributed by atoms with Crippen molar-refractivity contribution in [3.05, 3.63) is 142 Å². The second kappa shape index (κ2) is 18.5. The molecule has 0 unspecified atom stereocenters. The molecule has 14 nitrogen and oxygen atoms in total. The van der Waals surface area contributed by atoms with Crippen LogP contribution in [0.4, 0.5) is 9.59 Å². The van der Waals surface area contributed by atoms with Crippen molar-refractivity contribution in [2.24, 2.45) is 0 Å². The van der Waals surface area contributed by atoms with Crippen LogP contribution in [-0.4, -0.2) is 49.4 Å². The fourth-order valence-corrected chi connectivity index (χ4v) is 4.42. The van der Waals surface area contributed by atoms with E-state index in [1.807, 2.05) is 0 Å². The van der Waals surface area contributed by atoms with Crippen molar-refractivity contribution in [3.63, 3.8) is 0 Å². The number of hydrogen-bond acceptors (Lipinski definition) is 14. The van der Waals surface area contributed by atoms with E-state index in [4.69, 9.17) is 52.2 Å². The minimum atomic E-state index is -0.988. The highest BCUT2D eigenvalue weighted by Gasteiger charge is 2.17. The van der Waals surface area contributed by atoms with Crippen molar-refractivity contribution in [3.8, 4) is 34.5 Å². The summed E-state index contributed by atoms with van der Waals surface area (Å²) >= 11 is 6.21. The molecule has 0 amide bonds. The lowest BCUT2D eigenvalue weighted by molar-refractivity contribution is 0.0723. The lowest BCUT2D eigenvalue weighted by atomic mass is 10.2. The summed E-state index contributed by atoms with van der Waals surface area (Å²) < 4.78 is 57.4. The Hall–Kier alpha value is -7.19. The Morgan fingerprint density at radius 1 is 0.455 bits per heavy atom. The van der Waals surface area contributed by atoms with Crippen molar-refractivity contribution in [2.75, 3.05) is 13.2 Å². The van der Waals surface area contributed by atoms with Gasteiger partial charge in [-0.2, -0.15) is 0 Å². The third kappa shape index (κ3) is 11.2. The first-order chi connectivity index (χ1) is 27.3. The molecule has 0 saturated carbocycles.